The number of benzene rings is 2. The van der Waals surface area contributed by atoms with Crippen LogP contribution in [0.15, 0.2) is 30.3 Å². The van der Waals surface area contributed by atoms with E-state index in [-0.39, 0.29) is 18.4 Å². The van der Waals surface area contributed by atoms with Gasteiger partial charge in [0.2, 0.25) is 0 Å². The number of aryl methyl sites for hydroxylation is 1. The van der Waals surface area contributed by atoms with E-state index in [4.69, 9.17) is 11.1 Å². The first-order valence-corrected chi connectivity index (χ1v) is 7.29. The highest BCUT2D eigenvalue weighted by molar-refractivity contribution is 6.01. The van der Waals surface area contributed by atoms with Crippen molar-refractivity contribution in [3.63, 3.8) is 0 Å². The van der Waals surface area contributed by atoms with Gasteiger partial charge < -0.3 is 10.6 Å². The van der Waals surface area contributed by atoms with Gasteiger partial charge >= 0.3 is 0 Å². The van der Waals surface area contributed by atoms with Crippen molar-refractivity contribution in [3.05, 3.63) is 41.5 Å². The summed E-state index contributed by atoms with van der Waals surface area (Å²) in [6.07, 6.45) is 2.27. The van der Waals surface area contributed by atoms with E-state index in [0.717, 1.165) is 25.1 Å². The molecule has 3 rings (SSSR count). The molecule has 3 N–H and O–H groups in total. The third-order valence-corrected chi connectivity index (χ3v) is 4.22. The van der Waals surface area contributed by atoms with Crippen molar-refractivity contribution >= 4 is 34.8 Å². The van der Waals surface area contributed by atoms with Gasteiger partial charge in [0.15, 0.2) is 5.96 Å². The van der Waals surface area contributed by atoms with Crippen LogP contribution in [0.3, 0.4) is 0 Å². The molecule has 0 amide bonds. The van der Waals surface area contributed by atoms with E-state index < -0.39 is 0 Å². The van der Waals surface area contributed by atoms with E-state index >= 15 is 0 Å². The lowest BCUT2D eigenvalue weighted by Crippen LogP contribution is -2.35. The van der Waals surface area contributed by atoms with Crippen LogP contribution in [0.5, 0.6) is 0 Å². The summed E-state index contributed by atoms with van der Waals surface area (Å²) in [5.74, 6) is 0.550. The molecule has 0 saturated heterocycles. The lowest BCUT2D eigenvalue weighted by Gasteiger charge is -2.17. The molecule has 21 heavy (non-hydrogen) atoms. The molecule has 1 atom stereocenters. The quantitative estimate of drug-likeness (QED) is 0.650. The van der Waals surface area contributed by atoms with Crippen molar-refractivity contribution in [1.29, 1.82) is 5.41 Å². The molecule has 112 valence electrons. The number of nitrogens with two attached hydrogens (primary N) is 1. The van der Waals surface area contributed by atoms with Crippen LogP contribution in [0, 0.1) is 5.41 Å². The molecule has 4 heteroatoms. The summed E-state index contributed by atoms with van der Waals surface area (Å²) in [5.41, 5.74) is 9.57. The van der Waals surface area contributed by atoms with Gasteiger partial charge in [-0.3, -0.25) is 5.41 Å². The topological polar surface area (TPSA) is 53.1 Å². The molecule has 1 heterocycles. The third-order valence-electron chi connectivity index (χ3n) is 4.22. The Morgan fingerprint density at radius 3 is 2.71 bits per heavy atom. The molecule has 0 aromatic heterocycles. The maximum absolute atomic E-state index is 7.73. The average Bonchev–Trinajstić information content (AvgIpc) is 2.77. The predicted molar refractivity (Wildman–Crippen MR) is 92.9 cm³/mol. The number of fused-ring (bicyclic) bond motifs is 3. The van der Waals surface area contributed by atoms with Crippen LogP contribution in [-0.2, 0) is 6.42 Å². The van der Waals surface area contributed by atoms with E-state index in [1.54, 1.807) is 0 Å². The monoisotopic (exact) mass is 303 g/mol. The van der Waals surface area contributed by atoms with Crippen molar-refractivity contribution in [2.24, 2.45) is 5.73 Å². The summed E-state index contributed by atoms with van der Waals surface area (Å²) in [4.78, 5) is 1.91. The van der Waals surface area contributed by atoms with Crippen LogP contribution in [0.4, 0.5) is 5.69 Å². The molecule has 0 fully saturated rings. The van der Waals surface area contributed by atoms with E-state index in [0.29, 0.717) is 5.92 Å². The summed E-state index contributed by atoms with van der Waals surface area (Å²) in [7, 11) is 0. The number of nitrogens with zero attached hydrogens (tertiary/aromatic N) is 1. The SMILES string of the molecule is CCCc1cccc2c3c(ccc12)N(C(=N)N)CC3C.Cl. The molecule has 0 radical (unpaired) electrons. The normalized spacial score (nSPS) is 16.7. The fraction of sp³-hybridized carbons (Fsp3) is 0.353. The summed E-state index contributed by atoms with van der Waals surface area (Å²) in [6, 6.07) is 10.9. The first-order valence-electron chi connectivity index (χ1n) is 7.29. The molecule has 2 aromatic carbocycles. The summed E-state index contributed by atoms with van der Waals surface area (Å²) in [5, 5.41) is 10.4. The Kier molecular flexibility index (Phi) is 4.43. The second kappa shape index (κ2) is 5.94. The highest BCUT2D eigenvalue weighted by Crippen LogP contribution is 2.41. The molecular formula is C17H22ClN3. The van der Waals surface area contributed by atoms with Gasteiger partial charge in [0.1, 0.15) is 0 Å². The minimum atomic E-state index is 0. The number of guanidine groups is 1. The number of nitrogens with one attached hydrogen (secondary N) is 1. The first-order chi connectivity index (χ1) is 9.63. The van der Waals surface area contributed by atoms with Crippen molar-refractivity contribution in [2.75, 3.05) is 11.4 Å². The molecule has 1 aliphatic rings. The Hall–Kier alpha value is -1.74. The van der Waals surface area contributed by atoms with Crippen LogP contribution in [0.25, 0.3) is 10.8 Å². The van der Waals surface area contributed by atoms with Crippen molar-refractivity contribution in [2.45, 2.75) is 32.6 Å². The molecule has 0 saturated carbocycles. The van der Waals surface area contributed by atoms with Crippen LogP contribution in [0.2, 0.25) is 0 Å². The Balaban J connectivity index is 0.00000161. The number of rotatable bonds is 2. The predicted octanol–water partition coefficient (Wildman–Crippen LogP) is 4.03. The van der Waals surface area contributed by atoms with Crippen molar-refractivity contribution in [1.82, 2.24) is 0 Å². The summed E-state index contributed by atoms with van der Waals surface area (Å²) >= 11 is 0. The summed E-state index contributed by atoms with van der Waals surface area (Å²) < 4.78 is 0. The van der Waals surface area contributed by atoms with Gasteiger partial charge in [-0.25, -0.2) is 0 Å². The number of anilines is 1. The largest absolute Gasteiger partial charge is 0.370 e. The van der Waals surface area contributed by atoms with Gasteiger partial charge in [-0.05, 0) is 34.4 Å². The second-order valence-corrected chi connectivity index (χ2v) is 5.66. The maximum atomic E-state index is 7.73. The Morgan fingerprint density at radius 1 is 1.29 bits per heavy atom. The number of hydrogen-bond acceptors (Lipinski definition) is 1. The lowest BCUT2D eigenvalue weighted by atomic mass is 9.93. The van der Waals surface area contributed by atoms with Crippen LogP contribution < -0.4 is 10.6 Å². The molecule has 2 aromatic rings. The first kappa shape index (κ1) is 15.6. The molecule has 0 spiro atoms. The third kappa shape index (κ3) is 2.46. The van der Waals surface area contributed by atoms with Gasteiger partial charge in [0.05, 0.1) is 0 Å². The van der Waals surface area contributed by atoms with Gasteiger partial charge in [-0.15, -0.1) is 12.4 Å². The zero-order valence-electron chi connectivity index (χ0n) is 12.5. The van der Waals surface area contributed by atoms with Crippen molar-refractivity contribution in [3.8, 4) is 0 Å². The molecule has 0 aliphatic carbocycles. The van der Waals surface area contributed by atoms with E-state index in [1.807, 2.05) is 4.90 Å². The molecule has 1 aliphatic heterocycles. The van der Waals surface area contributed by atoms with Gasteiger partial charge in [-0.1, -0.05) is 44.5 Å². The zero-order chi connectivity index (χ0) is 14.3. The smallest absolute Gasteiger partial charge is 0.192 e. The fourth-order valence-electron chi connectivity index (χ4n) is 3.37. The molecule has 1 unspecified atom stereocenters. The van der Waals surface area contributed by atoms with E-state index in [1.165, 1.54) is 21.9 Å². The van der Waals surface area contributed by atoms with Crippen LogP contribution in [-0.4, -0.2) is 12.5 Å². The maximum Gasteiger partial charge on any atom is 0.192 e. The van der Waals surface area contributed by atoms with E-state index in [2.05, 4.69) is 44.2 Å². The molecular weight excluding hydrogens is 282 g/mol. The minimum absolute atomic E-state index is 0. The highest BCUT2D eigenvalue weighted by atomic mass is 35.5. The highest BCUT2D eigenvalue weighted by Gasteiger charge is 2.29. The number of hydrogen-bond donors (Lipinski definition) is 2. The number of halogens is 1. The lowest BCUT2D eigenvalue weighted by molar-refractivity contribution is 0.822. The van der Waals surface area contributed by atoms with Gasteiger partial charge in [-0.2, -0.15) is 0 Å². The molecule has 0 bridgehead atoms. The summed E-state index contributed by atoms with van der Waals surface area (Å²) in [6.45, 7) is 5.24. The fourth-order valence-corrected chi connectivity index (χ4v) is 3.37. The van der Waals surface area contributed by atoms with Crippen LogP contribution >= 0.6 is 12.4 Å². The Labute approximate surface area is 132 Å². The Morgan fingerprint density at radius 2 is 2.05 bits per heavy atom. The average molecular weight is 304 g/mol. The molecule has 3 nitrogen and oxygen atoms in total. The van der Waals surface area contributed by atoms with E-state index in [9.17, 15) is 0 Å². The Bertz CT molecular complexity index is 681. The minimum Gasteiger partial charge on any atom is -0.370 e. The van der Waals surface area contributed by atoms with Crippen molar-refractivity contribution < 1.29 is 0 Å². The van der Waals surface area contributed by atoms with Gasteiger partial charge in [0, 0.05) is 18.2 Å². The zero-order valence-corrected chi connectivity index (χ0v) is 13.3. The standard InChI is InChI=1S/C17H21N3.ClH/c1-3-5-12-6-4-7-14-13(12)8-9-15-16(14)11(2)10-20(15)17(18)19;/h4,6-9,11H,3,5,10H2,1-2H3,(H3,18,19);1H. The van der Waals surface area contributed by atoms with Crippen LogP contribution in [0.1, 0.15) is 37.3 Å². The van der Waals surface area contributed by atoms with Gasteiger partial charge in [0.25, 0.3) is 0 Å². The second-order valence-electron chi connectivity index (χ2n) is 5.66.